The van der Waals surface area contributed by atoms with Gasteiger partial charge >= 0.3 is 0 Å². The van der Waals surface area contributed by atoms with E-state index in [1.165, 1.54) is 116 Å². The fourth-order valence-electron chi connectivity index (χ4n) is 5.54. The second kappa shape index (κ2) is 22.7. The number of ether oxygens (including phenoxy) is 2. The van der Waals surface area contributed by atoms with Crippen molar-refractivity contribution in [1.82, 2.24) is 5.16 Å². The monoisotopic (exact) mass is 589 g/mol. The van der Waals surface area contributed by atoms with Gasteiger partial charge in [-0.2, -0.15) is 0 Å². The zero-order valence-corrected chi connectivity index (χ0v) is 27.4. The molecule has 4 heteroatoms. The quantitative estimate of drug-likeness (QED) is 0.0874. The van der Waals surface area contributed by atoms with Gasteiger partial charge in [-0.3, -0.25) is 0 Å². The van der Waals surface area contributed by atoms with Gasteiger partial charge in [-0.05, 0) is 61.4 Å². The van der Waals surface area contributed by atoms with Crippen LogP contribution in [0.15, 0.2) is 59.1 Å². The molecule has 0 aliphatic rings. The molecule has 3 rings (SSSR count). The van der Waals surface area contributed by atoms with Crippen LogP contribution in [0, 0.1) is 0 Å². The maximum atomic E-state index is 5.97. The molecular weight excluding hydrogens is 530 g/mol. The molecule has 0 fully saturated rings. The Hall–Kier alpha value is -2.75. The van der Waals surface area contributed by atoms with Crippen molar-refractivity contribution in [2.75, 3.05) is 13.2 Å². The number of unbranched alkanes of at least 4 members (excludes halogenated alkanes) is 18. The summed E-state index contributed by atoms with van der Waals surface area (Å²) in [6.07, 6.45) is 26.7. The Labute approximate surface area is 262 Å². The number of hydrogen-bond donors (Lipinski definition) is 0. The maximum Gasteiger partial charge on any atom is 0.167 e. The highest BCUT2D eigenvalue weighted by molar-refractivity contribution is 5.67. The SMILES string of the molecule is CCCCCCCCCCCCOc1ccc(-c2cc(-c3ccc(OCCCCCCCCCCCC)cc3)on2)cc1. The second-order valence-corrected chi connectivity index (χ2v) is 12.2. The molecule has 4 nitrogen and oxygen atoms in total. The third kappa shape index (κ3) is 15.0. The molecule has 238 valence electrons. The zero-order chi connectivity index (χ0) is 30.2. The van der Waals surface area contributed by atoms with Gasteiger partial charge in [0.15, 0.2) is 5.76 Å². The van der Waals surface area contributed by atoms with Crippen LogP contribution in [0.3, 0.4) is 0 Å². The number of rotatable bonds is 26. The highest BCUT2D eigenvalue weighted by Gasteiger charge is 2.09. The smallest absolute Gasteiger partial charge is 0.167 e. The second-order valence-electron chi connectivity index (χ2n) is 12.2. The van der Waals surface area contributed by atoms with Gasteiger partial charge in [-0.15, -0.1) is 0 Å². The lowest BCUT2D eigenvalue weighted by Gasteiger charge is -2.07. The Balaban J connectivity index is 1.27. The largest absolute Gasteiger partial charge is 0.494 e. The van der Waals surface area contributed by atoms with Crippen molar-refractivity contribution in [2.45, 2.75) is 142 Å². The van der Waals surface area contributed by atoms with E-state index in [0.29, 0.717) is 0 Å². The van der Waals surface area contributed by atoms with Crippen molar-refractivity contribution < 1.29 is 14.0 Å². The van der Waals surface area contributed by atoms with Crippen LogP contribution in [-0.4, -0.2) is 18.4 Å². The van der Waals surface area contributed by atoms with Gasteiger partial charge < -0.3 is 14.0 Å². The molecule has 3 aromatic rings. The van der Waals surface area contributed by atoms with Gasteiger partial charge in [0.25, 0.3) is 0 Å². The molecule has 0 N–H and O–H groups in total. The van der Waals surface area contributed by atoms with E-state index in [9.17, 15) is 0 Å². The predicted molar refractivity (Wildman–Crippen MR) is 182 cm³/mol. The van der Waals surface area contributed by atoms with Crippen molar-refractivity contribution in [3.05, 3.63) is 54.6 Å². The minimum atomic E-state index is 0.762. The Morgan fingerprint density at radius 3 is 1.26 bits per heavy atom. The third-order valence-corrected chi connectivity index (χ3v) is 8.33. The Bertz CT molecular complexity index is 973. The molecule has 0 saturated carbocycles. The molecule has 0 unspecified atom stereocenters. The van der Waals surface area contributed by atoms with Crippen LogP contribution in [0.1, 0.15) is 142 Å². The molecule has 0 bridgehead atoms. The van der Waals surface area contributed by atoms with Crippen molar-refractivity contribution in [1.29, 1.82) is 0 Å². The average molecular weight is 590 g/mol. The summed E-state index contributed by atoms with van der Waals surface area (Å²) < 4.78 is 17.6. The van der Waals surface area contributed by atoms with Gasteiger partial charge in [0, 0.05) is 17.2 Å². The lowest BCUT2D eigenvalue weighted by Crippen LogP contribution is -1.97. The zero-order valence-electron chi connectivity index (χ0n) is 27.4. The Kier molecular flexibility index (Phi) is 18.4. The van der Waals surface area contributed by atoms with Crippen LogP contribution in [0.25, 0.3) is 22.6 Å². The fourth-order valence-corrected chi connectivity index (χ4v) is 5.54. The van der Waals surface area contributed by atoms with E-state index in [0.717, 1.165) is 60.1 Å². The summed E-state index contributed by atoms with van der Waals surface area (Å²) in [6, 6.07) is 18.3. The topological polar surface area (TPSA) is 44.5 Å². The van der Waals surface area contributed by atoms with Gasteiger partial charge in [0.2, 0.25) is 0 Å². The van der Waals surface area contributed by atoms with Crippen LogP contribution in [0.5, 0.6) is 11.5 Å². The molecule has 0 spiro atoms. The summed E-state index contributed by atoms with van der Waals surface area (Å²) in [5.41, 5.74) is 2.86. The summed E-state index contributed by atoms with van der Waals surface area (Å²) in [7, 11) is 0. The number of benzene rings is 2. The van der Waals surface area contributed by atoms with E-state index in [-0.39, 0.29) is 0 Å². The van der Waals surface area contributed by atoms with E-state index < -0.39 is 0 Å². The Morgan fingerprint density at radius 1 is 0.465 bits per heavy atom. The van der Waals surface area contributed by atoms with Crippen LogP contribution in [0.4, 0.5) is 0 Å². The molecule has 0 atom stereocenters. The predicted octanol–water partition coefficient (Wildman–Crippen LogP) is 12.6. The van der Waals surface area contributed by atoms with Crippen LogP contribution in [0.2, 0.25) is 0 Å². The normalized spacial score (nSPS) is 11.2. The highest BCUT2D eigenvalue weighted by atomic mass is 16.5. The van der Waals surface area contributed by atoms with Crippen LogP contribution < -0.4 is 9.47 Å². The molecule has 43 heavy (non-hydrogen) atoms. The summed E-state index contributed by atoms with van der Waals surface area (Å²) in [6.45, 7) is 6.11. The van der Waals surface area contributed by atoms with Gasteiger partial charge in [-0.1, -0.05) is 135 Å². The summed E-state index contributed by atoms with van der Waals surface area (Å²) >= 11 is 0. The van der Waals surface area contributed by atoms with Crippen molar-refractivity contribution in [2.24, 2.45) is 0 Å². The molecule has 0 aliphatic carbocycles. The fraction of sp³-hybridized carbons (Fsp3) is 0.615. The number of aromatic nitrogens is 1. The van der Waals surface area contributed by atoms with E-state index in [1.807, 2.05) is 42.5 Å². The first-order chi connectivity index (χ1) is 21.3. The molecule has 1 heterocycles. The standard InChI is InChI=1S/C39H59NO3/c1-3-5-7-9-11-13-15-17-19-21-31-41-36-27-23-34(24-28-36)38-33-39(43-40-38)35-25-29-37(30-26-35)42-32-22-20-18-16-14-12-10-8-6-4-2/h23-30,33H,3-22,31-32H2,1-2H3. The number of hydrogen-bond acceptors (Lipinski definition) is 4. The van der Waals surface area contributed by atoms with Crippen molar-refractivity contribution >= 4 is 0 Å². The minimum Gasteiger partial charge on any atom is -0.494 e. The Morgan fingerprint density at radius 2 is 0.837 bits per heavy atom. The lowest BCUT2D eigenvalue weighted by atomic mass is 10.1. The van der Waals surface area contributed by atoms with Gasteiger partial charge in [0.05, 0.1) is 13.2 Å². The summed E-state index contributed by atoms with van der Waals surface area (Å²) in [5, 5.41) is 4.31. The summed E-state index contributed by atoms with van der Waals surface area (Å²) in [5.74, 6) is 2.59. The molecule has 0 saturated heterocycles. The first kappa shape index (κ1) is 34.7. The summed E-state index contributed by atoms with van der Waals surface area (Å²) in [4.78, 5) is 0. The van der Waals surface area contributed by atoms with E-state index in [1.54, 1.807) is 0 Å². The lowest BCUT2D eigenvalue weighted by molar-refractivity contribution is 0.304. The van der Waals surface area contributed by atoms with Gasteiger partial charge in [0.1, 0.15) is 17.2 Å². The molecule has 0 aliphatic heterocycles. The molecule has 0 amide bonds. The first-order valence-electron chi connectivity index (χ1n) is 17.7. The van der Waals surface area contributed by atoms with E-state index in [4.69, 9.17) is 14.0 Å². The highest BCUT2D eigenvalue weighted by Crippen LogP contribution is 2.28. The van der Waals surface area contributed by atoms with Crippen molar-refractivity contribution in [3.8, 4) is 34.1 Å². The average Bonchev–Trinajstić information content (AvgIpc) is 3.53. The third-order valence-electron chi connectivity index (χ3n) is 8.33. The van der Waals surface area contributed by atoms with Crippen LogP contribution >= 0.6 is 0 Å². The molecule has 1 aromatic heterocycles. The van der Waals surface area contributed by atoms with Crippen LogP contribution in [-0.2, 0) is 0 Å². The van der Waals surface area contributed by atoms with E-state index in [2.05, 4.69) is 31.1 Å². The van der Waals surface area contributed by atoms with Crippen molar-refractivity contribution in [3.63, 3.8) is 0 Å². The molecular formula is C39H59NO3. The number of nitrogens with zero attached hydrogens (tertiary/aromatic N) is 1. The molecule has 0 radical (unpaired) electrons. The first-order valence-corrected chi connectivity index (χ1v) is 17.7. The minimum absolute atomic E-state index is 0.762. The maximum absolute atomic E-state index is 5.97. The molecule has 2 aromatic carbocycles. The van der Waals surface area contributed by atoms with Gasteiger partial charge in [-0.25, -0.2) is 0 Å². The van der Waals surface area contributed by atoms with E-state index >= 15 is 0 Å².